The number of nitrogens with one attached hydrogen (secondary N) is 1. The molecule has 0 spiro atoms. The first-order valence-corrected chi connectivity index (χ1v) is 11.9. The molecule has 2 fully saturated rings. The standard InChI is InChI=1S/C22H22F3N7O2S/c23-22(24,25)11-19(33)32-9-7-31(8-10-32)14-1-6-18(27-12-14)28-21-29-20(30-35-21)17-5-4-16(13-26-17)34-15-2-3-15/h1,4-6,12-13,15H,2-3,7-11H2,(H,27,28,29,30). The van der Waals surface area contributed by atoms with Gasteiger partial charge in [0.15, 0.2) is 5.82 Å². The fourth-order valence-electron chi connectivity index (χ4n) is 3.59. The molecule has 13 heteroatoms. The van der Waals surface area contributed by atoms with Crippen LogP contribution in [-0.2, 0) is 4.79 Å². The van der Waals surface area contributed by atoms with Crippen molar-refractivity contribution in [2.24, 2.45) is 0 Å². The summed E-state index contributed by atoms with van der Waals surface area (Å²) in [4.78, 5) is 28.3. The van der Waals surface area contributed by atoms with Crippen LogP contribution in [0.5, 0.6) is 5.75 Å². The summed E-state index contributed by atoms with van der Waals surface area (Å²) in [6, 6.07) is 7.35. The molecule has 3 aromatic rings. The Morgan fingerprint density at radius 2 is 1.89 bits per heavy atom. The number of anilines is 3. The van der Waals surface area contributed by atoms with Gasteiger partial charge in [-0.05, 0) is 37.1 Å². The first-order chi connectivity index (χ1) is 16.8. The Morgan fingerprint density at radius 1 is 1.09 bits per heavy atom. The molecule has 0 bridgehead atoms. The van der Waals surface area contributed by atoms with Crippen LogP contribution in [0.25, 0.3) is 11.5 Å². The molecule has 1 saturated carbocycles. The third kappa shape index (κ3) is 6.15. The molecule has 4 heterocycles. The number of nitrogens with zero attached hydrogens (tertiary/aromatic N) is 6. The van der Waals surface area contributed by atoms with Crippen LogP contribution in [0.3, 0.4) is 0 Å². The zero-order chi connectivity index (χ0) is 24.4. The molecule has 5 rings (SSSR count). The molecule has 3 aromatic heterocycles. The minimum atomic E-state index is -4.49. The molecule has 0 atom stereocenters. The second-order valence-electron chi connectivity index (χ2n) is 8.31. The Balaban J connectivity index is 1.14. The van der Waals surface area contributed by atoms with Gasteiger partial charge in [0.05, 0.1) is 24.2 Å². The maximum atomic E-state index is 12.5. The molecule has 9 nitrogen and oxygen atoms in total. The van der Waals surface area contributed by atoms with E-state index in [1.807, 2.05) is 23.1 Å². The second kappa shape index (κ2) is 9.64. The monoisotopic (exact) mass is 505 g/mol. The lowest BCUT2D eigenvalue weighted by molar-refractivity contribution is -0.161. The van der Waals surface area contributed by atoms with Gasteiger partial charge in [-0.2, -0.15) is 22.5 Å². The normalized spacial score (nSPS) is 16.3. The van der Waals surface area contributed by atoms with E-state index in [2.05, 4.69) is 24.6 Å². The van der Waals surface area contributed by atoms with Crippen molar-refractivity contribution >= 4 is 34.1 Å². The molecule has 184 valence electrons. The van der Waals surface area contributed by atoms with Crippen LogP contribution in [0, 0.1) is 0 Å². The third-order valence-corrected chi connectivity index (χ3v) is 6.18. The highest BCUT2D eigenvalue weighted by atomic mass is 32.1. The predicted molar refractivity (Wildman–Crippen MR) is 124 cm³/mol. The predicted octanol–water partition coefficient (Wildman–Crippen LogP) is 3.88. The van der Waals surface area contributed by atoms with Crippen molar-refractivity contribution in [3.05, 3.63) is 36.7 Å². The molecule has 1 aliphatic heterocycles. The van der Waals surface area contributed by atoms with E-state index in [1.54, 1.807) is 18.5 Å². The number of pyridine rings is 2. The van der Waals surface area contributed by atoms with E-state index in [9.17, 15) is 18.0 Å². The zero-order valence-electron chi connectivity index (χ0n) is 18.5. The van der Waals surface area contributed by atoms with E-state index >= 15 is 0 Å². The van der Waals surface area contributed by atoms with Crippen molar-refractivity contribution in [1.82, 2.24) is 24.2 Å². The van der Waals surface area contributed by atoms with Crippen LogP contribution in [0.1, 0.15) is 19.3 Å². The Bertz CT molecular complexity index is 1160. The van der Waals surface area contributed by atoms with Crippen molar-refractivity contribution < 1.29 is 22.7 Å². The van der Waals surface area contributed by atoms with Gasteiger partial charge in [0.1, 0.15) is 23.7 Å². The lowest BCUT2D eigenvalue weighted by Crippen LogP contribution is -2.49. The van der Waals surface area contributed by atoms with E-state index in [1.165, 1.54) is 16.4 Å². The van der Waals surface area contributed by atoms with E-state index in [-0.39, 0.29) is 13.1 Å². The number of rotatable bonds is 7. The zero-order valence-corrected chi connectivity index (χ0v) is 19.3. The summed E-state index contributed by atoms with van der Waals surface area (Å²) in [6.45, 7) is 1.36. The number of hydrogen-bond acceptors (Lipinski definition) is 9. The number of ether oxygens (including phenoxy) is 1. The van der Waals surface area contributed by atoms with Gasteiger partial charge in [-0.1, -0.05) is 0 Å². The molecule has 1 N–H and O–H groups in total. The van der Waals surface area contributed by atoms with Crippen molar-refractivity contribution in [2.75, 3.05) is 36.4 Å². The van der Waals surface area contributed by atoms with Gasteiger partial charge < -0.3 is 19.9 Å². The first-order valence-electron chi connectivity index (χ1n) is 11.1. The van der Waals surface area contributed by atoms with E-state index < -0.39 is 18.5 Å². The summed E-state index contributed by atoms with van der Waals surface area (Å²) in [5.74, 6) is 0.939. The molecule has 2 aliphatic rings. The maximum Gasteiger partial charge on any atom is 0.397 e. The van der Waals surface area contributed by atoms with Gasteiger partial charge in [-0.3, -0.25) is 4.79 Å². The van der Waals surface area contributed by atoms with E-state index in [0.29, 0.717) is 41.7 Å². The van der Waals surface area contributed by atoms with E-state index in [0.717, 1.165) is 24.3 Å². The molecule has 1 saturated heterocycles. The quantitative estimate of drug-likeness (QED) is 0.517. The van der Waals surface area contributed by atoms with Crippen LogP contribution < -0.4 is 15.0 Å². The minimum absolute atomic E-state index is 0.240. The summed E-state index contributed by atoms with van der Waals surface area (Å²) in [6.07, 6.45) is -0.0677. The molecule has 0 unspecified atom stereocenters. The number of halogens is 3. The van der Waals surface area contributed by atoms with Gasteiger partial charge in [0.2, 0.25) is 11.0 Å². The summed E-state index contributed by atoms with van der Waals surface area (Å²) in [7, 11) is 0. The molecular formula is C22H22F3N7O2S. The van der Waals surface area contributed by atoms with Crippen molar-refractivity contribution in [1.29, 1.82) is 0 Å². The smallest absolute Gasteiger partial charge is 0.397 e. The van der Waals surface area contributed by atoms with Gasteiger partial charge in [0.25, 0.3) is 0 Å². The summed E-state index contributed by atoms with van der Waals surface area (Å²) < 4.78 is 47.4. The summed E-state index contributed by atoms with van der Waals surface area (Å²) >= 11 is 1.19. The first kappa shape index (κ1) is 23.3. The Hall–Kier alpha value is -3.48. The lowest BCUT2D eigenvalue weighted by atomic mass is 10.2. The minimum Gasteiger partial charge on any atom is -0.489 e. The number of carbonyl (C=O) groups is 1. The molecule has 0 aromatic carbocycles. The van der Waals surface area contributed by atoms with Crippen molar-refractivity contribution in [2.45, 2.75) is 31.5 Å². The highest BCUT2D eigenvalue weighted by molar-refractivity contribution is 7.09. The van der Waals surface area contributed by atoms with Crippen LogP contribution in [0.15, 0.2) is 36.7 Å². The summed E-state index contributed by atoms with van der Waals surface area (Å²) in [5, 5.41) is 3.68. The largest absolute Gasteiger partial charge is 0.489 e. The van der Waals surface area contributed by atoms with Crippen LogP contribution in [-0.4, -0.2) is 68.6 Å². The summed E-state index contributed by atoms with van der Waals surface area (Å²) in [5.41, 5.74) is 1.47. The Labute approximate surface area is 203 Å². The number of alkyl halides is 3. The van der Waals surface area contributed by atoms with Gasteiger partial charge >= 0.3 is 6.18 Å². The maximum absolute atomic E-state index is 12.5. The topological polar surface area (TPSA) is 96.4 Å². The van der Waals surface area contributed by atoms with Gasteiger partial charge in [-0.25, -0.2) is 9.97 Å². The highest BCUT2D eigenvalue weighted by Gasteiger charge is 2.34. The third-order valence-electron chi connectivity index (χ3n) is 5.55. The molecule has 1 aliphatic carbocycles. The number of hydrogen-bond donors (Lipinski definition) is 1. The second-order valence-corrected chi connectivity index (χ2v) is 9.06. The Morgan fingerprint density at radius 3 is 2.51 bits per heavy atom. The Kier molecular flexibility index (Phi) is 6.41. The average Bonchev–Trinajstić information content (AvgIpc) is 3.53. The van der Waals surface area contributed by atoms with Crippen LogP contribution in [0.4, 0.5) is 29.8 Å². The van der Waals surface area contributed by atoms with Gasteiger partial charge in [0, 0.05) is 37.7 Å². The fourth-order valence-corrected chi connectivity index (χ4v) is 4.18. The molecule has 35 heavy (non-hydrogen) atoms. The fraction of sp³-hybridized carbons (Fsp3) is 0.409. The molecule has 1 amide bonds. The van der Waals surface area contributed by atoms with Crippen molar-refractivity contribution in [3.8, 4) is 17.3 Å². The van der Waals surface area contributed by atoms with Crippen LogP contribution >= 0.6 is 11.5 Å². The number of carbonyl (C=O) groups excluding carboxylic acids is 1. The number of amides is 1. The SMILES string of the molecule is O=C(CC(F)(F)F)N1CCN(c2ccc(Nc3nc(-c4ccc(OC5CC5)cn4)ns3)nc2)CC1. The molecular weight excluding hydrogens is 483 g/mol. The van der Waals surface area contributed by atoms with Crippen molar-refractivity contribution in [3.63, 3.8) is 0 Å². The molecule has 0 radical (unpaired) electrons. The lowest BCUT2D eigenvalue weighted by Gasteiger charge is -2.36. The van der Waals surface area contributed by atoms with Crippen LogP contribution in [0.2, 0.25) is 0 Å². The number of aromatic nitrogens is 4. The number of piperazine rings is 1. The highest BCUT2D eigenvalue weighted by Crippen LogP contribution is 2.28. The van der Waals surface area contributed by atoms with Gasteiger partial charge in [-0.15, -0.1) is 0 Å². The van der Waals surface area contributed by atoms with E-state index in [4.69, 9.17) is 4.74 Å². The average molecular weight is 506 g/mol.